The summed E-state index contributed by atoms with van der Waals surface area (Å²) in [5, 5.41) is 8.37. The first-order chi connectivity index (χ1) is 14.2. The van der Waals surface area contributed by atoms with E-state index in [4.69, 9.17) is 0 Å². The Labute approximate surface area is 178 Å². The summed E-state index contributed by atoms with van der Waals surface area (Å²) in [6.45, 7) is 5.76. The van der Waals surface area contributed by atoms with Gasteiger partial charge in [-0.3, -0.25) is 9.59 Å². The van der Waals surface area contributed by atoms with Crippen LogP contribution in [0.4, 0.5) is 4.39 Å². The second-order valence-electron chi connectivity index (χ2n) is 7.90. The van der Waals surface area contributed by atoms with Crippen molar-refractivity contribution in [3.63, 3.8) is 0 Å². The van der Waals surface area contributed by atoms with Crippen molar-refractivity contribution in [2.75, 3.05) is 0 Å². The highest BCUT2D eigenvalue weighted by molar-refractivity contribution is 7.03. The molecule has 0 aliphatic carbocycles. The molecule has 0 aliphatic heterocycles. The van der Waals surface area contributed by atoms with Crippen LogP contribution in [0.1, 0.15) is 48.4 Å². The van der Waals surface area contributed by atoms with Crippen molar-refractivity contribution in [2.45, 2.75) is 38.9 Å². The van der Waals surface area contributed by atoms with Crippen LogP contribution in [0.5, 0.6) is 0 Å². The van der Waals surface area contributed by atoms with E-state index in [1.807, 2.05) is 51.1 Å². The number of carbonyl (C=O) groups is 2. The van der Waals surface area contributed by atoms with Crippen LogP contribution in [0.2, 0.25) is 0 Å². The Balaban J connectivity index is 2.07. The van der Waals surface area contributed by atoms with Crippen LogP contribution in [-0.2, 0) is 11.3 Å². The van der Waals surface area contributed by atoms with Gasteiger partial charge in [-0.05, 0) is 55.6 Å². The van der Waals surface area contributed by atoms with Gasteiger partial charge in [0.2, 0.25) is 5.91 Å². The molecule has 156 valence electrons. The molecule has 3 rings (SSSR count). The van der Waals surface area contributed by atoms with Crippen molar-refractivity contribution in [2.24, 2.45) is 0 Å². The van der Waals surface area contributed by atoms with Crippen molar-refractivity contribution in [3.05, 3.63) is 82.6 Å². The van der Waals surface area contributed by atoms with E-state index in [-0.39, 0.29) is 18.1 Å². The Kier molecular flexibility index (Phi) is 6.56. The minimum absolute atomic E-state index is 0.159. The van der Waals surface area contributed by atoms with Crippen LogP contribution >= 0.6 is 11.5 Å². The Morgan fingerprint density at radius 2 is 1.77 bits per heavy atom. The number of nitrogens with one attached hydrogen (secondary N) is 1. The van der Waals surface area contributed by atoms with E-state index in [9.17, 15) is 14.0 Å². The zero-order valence-corrected chi connectivity index (χ0v) is 17.8. The second kappa shape index (κ2) is 9.13. The summed E-state index contributed by atoms with van der Waals surface area (Å²) >= 11 is 1.06. The van der Waals surface area contributed by atoms with Gasteiger partial charge in [0, 0.05) is 17.5 Å². The maximum Gasteiger partial charge on any atom is 0.276 e. The van der Waals surface area contributed by atoms with E-state index in [1.165, 1.54) is 29.2 Å². The van der Waals surface area contributed by atoms with Gasteiger partial charge in [0.25, 0.3) is 5.91 Å². The molecule has 30 heavy (non-hydrogen) atoms. The Bertz CT molecular complexity index is 986. The van der Waals surface area contributed by atoms with Crippen LogP contribution in [0, 0.1) is 5.82 Å². The zero-order chi connectivity index (χ0) is 21.7. The van der Waals surface area contributed by atoms with E-state index >= 15 is 0 Å². The lowest BCUT2D eigenvalue weighted by Gasteiger charge is -2.33. The maximum absolute atomic E-state index is 13.6. The molecule has 0 aliphatic rings. The third-order valence-electron chi connectivity index (χ3n) is 4.28. The Morgan fingerprint density at radius 1 is 1.10 bits per heavy atom. The summed E-state index contributed by atoms with van der Waals surface area (Å²) in [6.07, 6.45) is 0. The molecule has 2 amide bonds. The molecule has 0 spiro atoms. The minimum Gasteiger partial charge on any atom is -0.349 e. The van der Waals surface area contributed by atoms with E-state index in [2.05, 4.69) is 14.9 Å². The SMILES string of the molecule is CC(C)(C)NC(=O)C(c1ccc(F)cc1)N(Cc1ccccc1)C(=O)c1csnn1. The van der Waals surface area contributed by atoms with Gasteiger partial charge in [-0.15, -0.1) is 5.10 Å². The second-order valence-corrected chi connectivity index (χ2v) is 8.51. The summed E-state index contributed by atoms with van der Waals surface area (Å²) in [6, 6.07) is 14.0. The van der Waals surface area contributed by atoms with Crippen LogP contribution in [0.25, 0.3) is 0 Å². The molecule has 6 nitrogen and oxygen atoms in total. The highest BCUT2D eigenvalue weighted by Gasteiger charge is 2.34. The van der Waals surface area contributed by atoms with E-state index in [1.54, 1.807) is 5.38 Å². The third kappa shape index (κ3) is 5.48. The molecule has 1 heterocycles. The highest BCUT2D eigenvalue weighted by atomic mass is 32.1. The van der Waals surface area contributed by atoms with Gasteiger partial charge >= 0.3 is 0 Å². The zero-order valence-electron chi connectivity index (χ0n) is 17.0. The van der Waals surface area contributed by atoms with Gasteiger partial charge in [-0.1, -0.05) is 47.0 Å². The quantitative estimate of drug-likeness (QED) is 0.647. The molecule has 1 atom stereocenters. The fourth-order valence-corrected chi connectivity index (χ4v) is 3.45. The smallest absolute Gasteiger partial charge is 0.276 e. The topological polar surface area (TPSA) is 75.2 Å². The van der Waals surface area contributed by atoms with E-state index in [0.29, 0.717) is 5.56 Å². The molecule has 0 bridgehead atoms. The molecular formula is C22H23FN4O2S. The third-order valence-corrected chi connectivity index (χ3v) is 4.78. The Morgan fingerprint density at radius 3 is 2.33 bits per heavy atom. The number of hydrogen-bond acceptors (Lipinski definition) is 5. The number of amides is 2. The molecule has 1 unspecified atom stereocenters. The normalized spacial score (nSPS) is 12.3. The van der Waals surface area contributed by atoms with Crippen molar-refractivity contribution >= 4 is 23.3 Å². The summed E-state index contributed by atoms with van der Waals surface area (Å²) in [5.41, 5.74) is 1.00. The molecule has 8 heteroatoms. The van der Waals surface area contributed by atoms with Gasteiger partial charge in [-0.2, -0.15) is 0 Å². The minimum atomic E-state index is -0.973. The van der Waals surface area contributed by atoms with Crippen molar-refractivity contribution < 1.29 is 14.0 Å². The number of benzene rings is 2. The molecule has 3 aromatic rings. The largest absolute Gasteiger partial charge is 0.349 e. The molecule has 0 saturated heterocycles. The van der Waals surface area contributed by atoms with Gasteiger partial charge in [-0.25, -0.2) is 4.39 Å². The number of aromatic nitrogens is 2. The predicted octanol–water partition coefficient (Wildman–Crippen LogP) is 3.98. The standard InChI is InChI=1S/C22H23FN4O2S/c1-22(2,3)24-20(28)19(16-9-11-17(23)12-10-16)27(13-15-7-5-4-6-8-15)21(29)18-14-30-26-25-18/h4-12,14,19H,13H2,1-3H3,(H,24,28). The molecule has 1 N–H and O–H groups in total. The molecular weight excluding hydrogens is 403 g/mol. The molecule has 0 fully saturated rings. The summed E-state index contributed by atoms with van der Waals surface area (Å²) < 4.78 is 17.3. The lowest BCUT2D eigenvalue weighted by Crippen LogP contribution is -2.49. The average molecular weight is 427 g/mol. The van der Waals surface area contributed by atoms with Crippen molar-refractivity contribution in [1.29, 1.82) is 0 Å². The summed E-state index contributed by atoms with van der Waals surface area (Å²) in [4.78, 5) is 28.1. The highest BCUT2D eigenvalue weighted by Crippen LogP contribution is 2.26. The van der Waals surface area contributed by atoms with Crippen molar-refractivity contribution in [3.8, 4) is 0 Å². The summed E-state index contributed by atoms with van der Waals surface area (Å²) in [5.74, 6) is -1.20. The lowest BCUT2D eigenvalue weighted by molar-refractivity contribution is -0.127. The first kappa shape index (κ1) is 21.6. The monoisotopic (exact) mass is 426 g/mol. The van der Waals surface area contributed by atoms with Crippen LogP contribution < -0.4 is 5.32 Å². The van der Waals surface area contributed by atoms with Crippen LogP contribution in [-0.4, -0.2) is 31.8 Å². The van der Waals surface area contributed by atoms with Gasteiger partial charge < -0.3 is 10.2 Å². The Hall–Kier alpha value is -3.13. The summed E-state index contributed by atoms with van der Waals surface area (Å²) in [7, 11) is 0. The number of nitrogens with zero attached hydrogens (tertiary/aromatic N) is 3. The van der Waals surface area contributed by atoms with E-state index < -0.39 is 23.3 Å². The predicted molar refractivity (Wildman–Crippen MR) is 113 cm³/mol. The fraction of sp³-hybridized carbons (Fsp3) is 0.273. The number of halogens is 1. The number of carbonyl (C=O) groups excluding carboxylic acids is 2. The first-order valence-corrected chi connectivity index (χ1v) is 10.3. The molecule has 2 aromatic carbocycles. The number of hydrogen-bond donors (Lipinski definition) is 1. The van der Waals surface area contributed by atoms with Crippen molar-refractivity contribution in [1.82, 2.24) is 19.8 Å². The van der Waals surface area contributed by atoms with Crippen LogP contribution in [0.3, 0.4) is 0 Å². The molecule has 1 aromatic heterocycles. The first-order valence-electron chi connectivity index (χ1n) is 9.44. The van der Waals surface area contributed by atoms with E-state index in [0.717, 1.165) is 17.1 Å². The van der Waals surface area contributed by atoms with Crippen LogP contribution in [0.15, 0.2) is 60.0 Å². The number of rotatable bonds is 6. The average Bonchev–Trinajstić information content (AvgIpc) is 3.22. The van der Waals surface area contributed by atoms with Gasteiger partial charge in [0.05, 0.1) is 0 Å². The molecule has 0 radical (unpaired) electrons. The van der Waals surface area contributed by atoms with Gasteiger partial charge in [0.15, 0.2) is 5.69 Å². The van der Waals surface area contributed by atoms with Gasteiger partial charge in [0.1, 0.15) is 11.9 Å². The molecule has 0 saturated carbocycles. The lowest BCUT2D eigenvalue weighted by atomic mass is 10.0. The fourth-order valence-electron chi connectivity index (χ4n) is 3.02. The maximum atomic E-state index is 13.6.